The van der Waals surface area contributed by atoms with Crippen molar-refractivity contribution in [3.8, 4) is 16.3 Å². The minimum atomic E-state index is -0.664. The van der Waals surface area contributed by atoms with Crippen molar-refractivity contribution in [2.24, 2.45) is 0 Å². The van der Waals surface area contributed by atoms with Gasteiger partial charge in [-0.1, -0.05) is 23.5 Å². The Labute approximate surface area is 187 Å². The fourth-order valence-electron chi connectivity index (χ4n) is 3.91. The van der Waals surface area contributed by atoms with Gasteiger partial charge in [-0.3, -0.25) is 9.59 Å². The predicted octanol–water partition coefficient (Wildman–Crippen LogP) is 2.68. The zero-order valence-electron chi connectivity index (χ0n) is 17.9. The van der Waals surface area contributed by atoms with E-state index in [-0.39, 0.29) is 29.2 Å². The number of halogens is 1. The van der Waals surface area contributed by atoms with E-state index < -0.39 is 17.1 Å². The summed E-state index contributed by atoms with van der Waals surface area (Å²) < 4.78 is 20.2. The van der Waals surface area contributed by atoms with Crippen LogP contribution in [0.5, 0.6) is 5.75 Å². The van der Waals surface area contributed by atoms with E-state index in [0.717, 1.165) is 5.56 Å². The van der Waals surface area contributed by atoms with E-state index in [0.29, 0.717) is 29.5 Å². The molecule has 0 saturated heterocycles. The van der Waals surface area contributed by atoms with Gasteiger partial charge < -0.3 is 19.3 Å². The van der Waals surface area contributed by atoms with Crippen molar-refractivity contribution in [3.05, 3.63) is 62.8 Å². The fraction of sp³-hybridized carbons (Fsp3) is 0.364. The Morgan fingerprint density at radius 1 is 1.28 bits per heavy atom. The monoisotopic (exact) mass is 458 g/mol. The molecule has 1 aromatic carbocycles. The molecule has 4 rings (SSSR count). The first-order valence-corrected chi connectivity index (χ1v) is 11.0. The van der Waals surface area contributed by atoms with Crippen LogP contribution in [-0.2, 0) is 17.7 Å². The number of likely N-dealkylation sites (N-methyl/N-ethyl adjacent to an activating group) is 1. The number of hydrogen-bond donors (Lipinski definition) is 1. The molecular weight excluding hydrogens is 435 g/mol. The molecule has 0 unspecified atom stereocenters. The van der Waals surface area contributed by atoms with Crippen molar-refractivity contribution >= 4 is 17.2 Å². The molecule has 2 atom stereocenters. The number of fused-ring (bicyclic) bond motifs is 1. The molecule has 168 valence electrons. The minimum absolute atomic E-state index is 0.0313. The number of pyridine rings is 1. The molecule has 0 aliphatic carbocycles. The second kappa shape index (κ2) is 8.79. The topological polar surface area (TPSA) is 97.5 Å². The maximum Gasteiger partial charge on any atom is 0.274 e. The average molecular weight is 459 g/mol. The van der Waals surface area contributed by atoms with Gasteiger partial charge in [0.25, 0.3) is 5.91 Å². The largest absolute Gasteiger partial charge is 0.503 e. The highest BCUT2D eigenvalue weighted by molar-refractivity contribution is 7.14. The first kappa shape index (κ1) is 22.1. The maximum atomic E-state index is 13.1. The van der Waals surface area contributed by atoms with E-state index in [1.807, 2.05) is 13.8 Å². The van der Waals surface area contributed by atoms with Crippen molar-refractivity contribution < 1.29 is 19.0 Å². The van der Waals surface area contributed by atoms with E-state index in [2.05, 4.69) is 10.2 Å². The Morgan fingerprint density at radius 2 is 2.00 bits per heavy atom. The number of ether oxygens (including phenoxy) is 1. The minimum Gasteiger partial charge on any atom is -0.503 e. The third kappa shape index (κ3) is 3.91. The lowest BCUT2D eigenvalue weighted by Gasteiger charge is -2.39. The third-order valence-electron chi connectivity index (χ3n) is 5.72. The van der Waals surface area contributed by atoms with Gasteiger partial charge in [0, 0.05) is 32.8 Å². The Morgan fingerprint density at radius 3 is 2.66 bits per heavy atom. The number of nitrogens with zero attached hydrogens (tertiary/aromatic N) is 4. The lowest BCUT2D eigenvalue weighted by atomic mass is 10.0. The van der Waals surface area contributed by atoms with Gasteiger partial charge in [0.2, 0.25) is 5.43 Å². The number of carbonyl (C=O) groups excluding carboxylic acids is 1. The van der Waals surface area contributed by atoms with Gasteiger partial charge in [0.1, 0.15) is 10.8 Å². The van der Waals surface area contributed by atoms with Gasteiger partial charge in [-0.05, 0) is 31.5 Å². The Balaban J connectivity index is 1.71. The summed E-state index contributed by atoms with van der Waals surface area (Å²) in [7, 11) is 1.58. The van der Waals surface area contributed by atoms with Gasteiger partial charge in [-0.2, -0.15) is 0 Å². The molecule has 0 fully saturated rings. The van der Waals surface area contributed by atoms with Crippen LogP contribution in [0.15, 0.2) is 35.3 Å². The third-order valence-corrected chi connectivity index (χ3v) is 6.68. The molecule has 1 aliphatic heterocycles. The van der Waals surface area contributed by atoms with Crippen LogP contribution in [-0.4, -0.2) is 56.5 Å². The summed E-state index contributed by atoms with van der Waals surface area (Å²) in [6, 6.07) is 5.83. The molecule has 0 saturated carbocycles. The molecule has 0 spiro atoms. The van der Waals surface area contributed by atoms with Crippen molar-refractivity contribution in [1.82, 2.24) is 19.7 Å². The van der Waals surface area contributed by atoms with Gasteiger partial charge >= 0.3 is 0 Å². The van der Waals surface area contributed by atoms with Crippen LogP contribution in [0.1, 0.15) is 34.9 Å². The summed E-state index contributed by atoms with van der Waals surface area (Å²) in [5.41, 5.74) is 0.344. The van der Waals surface area contributed by atoms with Crippen molar-refractivity contribution in [1.29, 1.82) is 0 Å². The smallest absolute Gasteiger partial charge is 0.274 e. The van der Waals surface area contributed by atoms with E-state index in [9.17, 15) is 19.1 Å². The van der Waals surface area contributed by atoms with Gasteiger partial charge in [-0.25, -0.2) is 4.39 Å². The Hall–Kier alpha value is -3.11. The molecule has 1 aliphatic rings. The van der Waals surface area contributed by atoms with Gasteiger partial charge in [-0.15, -0.1) is 10.2 Å². The van der Waals surface area contributed by atoms with Crippen LogP contribution in [0.25, 0.3) is 10.6 Å². The maximum absolute atomic E-state index is 13.1. The van der Waals surface area contributed by atoms with E-state index >= 15 is 0 Å². The van der Waals surface area contributed by atoms with Crippen LogP contribution in [0.3, 0.4) is 0 Å². The SMILES string of the molecule is CCN1C(=O)c2c(O)c(=O)c(-c3nnc(Cc4ccc(F)cc4)s3)cn2C[C@@H]1[C@@H](C)OC. The number of amides is 1. The van der Waals surface area contributed by atoms with Crippen LogP contribution in [0.2, 0.25) is 0 Å². The molecule has 3 aromatic rings. The van der Waals surface area contributed by atoms with E-state index in [1.54, 1.807) is 34.9 Å². The fourth-order valence-corrected chi connectivity index (χ4v) is 4.79. The number of carbonyl (C=O) groups is 1. The zero-order valence-corrected chi connectivity index (χ0v) is 18.7. The molecule has 32 heavy (non-hydrogen) atoms. The van der Waals surface area contributed by atoms with E-state index in [1.165, 1.54) is 23.5 Å². The second-order valence-electron chi connectivity index (χ2n) is 7.63. The Bertz CT molecular complexity index is 1210. The first-order valence-electron chi connectivity index (χ1n) is 10.2. The Kier molecular flexibility index (Phi) is 6.07. The lowest BCUT2D eigenvalue weighted by Crippen LogP contribution is -2.53. The summed E-state index contributed by atoms with van der Waals surface area (Å²) in [6.07, 6.45) is 1.76. The summed E-state index contributed by atoms with van der Waals surface area (Å²) in [5, 5.41) is 19.9. The first-order chi connectivity index (χ1) is 15.3. The van der Waals surface area contributed by atoms with Crippen molar-refractivity contribution in [2.45, 2.75) is 39.0 Å². The number of benzene rings is 1. The number of aromatic hydroxyl groups is 1. The summed E-state index contributed by atoms with van der Waals surface area (Å²) in [4.78, 5) is 27.5. The molecule has 8 nitrogen and oxygen atoms in total. The molecule has 0 radical (unpaired) electrons. The molecule has 1 amide bonds. The summed E-state index contributed by atoms with van der Waals surface area (Å²) in [5.74, 6) is -1.32. The van der Waals surface area contributed by atoms with Gasteiger partial charge in [0.15, 0.2) is 16.5 Å². The average Bonchev–Trinajstić information content (AvgIpc) is 3.25. The van der Waals surface area contributed by atoms with Gasteiger partial charge in [0.05, 0.1) is 17.7 Å². The second-order valence-corrected chi connectivity index (χ2v) is 8.69. The normalized spacial score (nSPS) is 16.8. The van der Waals surface area contributed by atoms with E-state index in [4.69, 9.17) is 4.74 Å². The molecular formula is C22H23FN4O4S. The highest BCUT2D eigenvalue weighted by Crippen LogP contribution is 2.30. The predicted molar refractivity (Wildman–Crippen MR) is 117 cm³/mol. The van der Waals surface area contributed by atoms with Crippen LogP contribution < -0.4 is 5.43 Å². The van der Waals surface area contributed by atoms with Crippen molar-refractivity contribution in [3.63, 3.8) is 0 Å². The van der Waals surface area contributed by atoms with Crippen LogP contribution in [0.4, 0.5) is 4.39 Å². The molecule has 0 bridgehead atoms. The number of methoxy groups -OCH3 is 1. The number of aromatic nitrogens is 3. The summed E-state index contributed by atoms with van der Waals surface area (Å²) in [6.45, 7) is 4.51. The highest BCUT2D eigenvalue weighted by Gasteiger charge is 2.37. The zero-order chi connectivity index (χ0) is 23.0. The molecule has 3 heterocycles. The lowest BCUT2D eigenvalue weighted by molar-refractivity contribution is 0.00983. The summed E-state index contributed by atoms with van der Waals surface area (Å²) >= 11 is 1.22. The van der Waals surface area contributed by atoms with Crippen LogP contribution >= 0.6 is 11.3 Å². The van der Waals surface area contributed by atoms with Crippen molar-refractivity contribution in [2.75, 3.05) is 13.7 Å². The number of rotatable bonds is 6. The molecule has 2 aromatic heterocycles. The quantitative estimate of drug-likeness (QED) is 0.610. The standard InChI is InChI=1S/C22H23FN4O4S/c1-4-27-16(12(2)31-3)11-26-10-15(19(28)20(29)18(26)22(27)30)21-25-24-17(32-21)9-13-5-7-14(23)8-6-13/h5-8,10,12,16,29H,4,9,11H2,1-3H3/t12-,16-/m1/s1. The number of hydrogen-bond acceptors (Lipinski definition) is 7. The highest BCUT2D eigenvalue weighted by atomic mass is 32.1. The molecule has 1 N–H and O–H groups in total. The van der Waals surface area contributed by atoms with Crippen LogP contribution in [0, 0.1) is 5.82 Å². The molecule has 10 heteroatoms.